The number of amides is 15. The summed E-state index contributed by atoms with van der Waals surface area (Å²) in [6.45, 7) is 7.14. The number of carboxylic acids is 3. The summed E-state index contributed by atoms with van der Waals surface area (Å²) in [5, 5.41) is 75.6. The van der Waals surface area contributed by atoms with Crippen molar-refractivity contribution >= 4 is 107 Å². The molecule has 14 atom stereocenters. The maximum Gasteiger partial charge on any atom is 0.305 e. The number of rotatable bonds is 59. The highest BCUT2D eigenvalue weighted by Crippen LogP contribution is 2.18. The summed E-state index contributed by atoms with van der Waals surface area (Å²) in [5.41, 5.74) is 25.9. The van der Waals surface area contributed by atoms with E-state index in [4.69, 9.17) is 22.9 Å². The number of carbonyl (C=O) groups is 18. The number of phenols is 1. The molecule has 706 valence electrons. The fraction of sp³-hybridized carbons (Fsp3) is 0.467. The number of phenolic OH excluding ortho intramolecular Hbond substituents is 1. The molecule has 40 nitrogen and oxygen atoms in total. The van der Waals surface area contributed by atoms with Gasteiger partial charge < -0.3 is 118 Å². The fourth-order valence-electron chi connectivity index (χ4n) is 13.6. The molecule has 0 spiro atoms. The van der Waals surface area contributed by atoms with Gasteiger partial charge in [-0.2, -0.15) is 0 Å². The Balaban J connectivity index is 1.37. The molecule has 15 amide bonds. The number of primary amides is 1. The van der Waals surface area contributed by atoms with Gasteiger partial charge in [-0.1, -0.05) is 147 Å². The predicted octanol–water partition coefficient (Wildman–Crippen LogP) is -1.51. The minimum Gasteiger partial charge on any atom is -0.508 e. The van der Waals surface area contributed by atoms with Crippen molar-refractivity contribution in [3.63, 3.8) is 0 Å². The van der Waals surface area contributed by atoms with Crippen LogP contribution in [-0.2, 0) is 118 Å². The first-order valence-corrected chi connectivity index (χ1v) is 43.1. The Morgan fingerprint density at radius 3 is 0.831 bits per heavy atom. The largest absolute Gasteiger partial charge is 0.508 e. The first-order valence-electron chi connectivity index (χ1n) is 43.1. The Bertz CT molecular complexity index is 4600. The fourth-order valence-corrected chi connectivity index (χ4v) is 13.6. The first kappa shape index (κ1) is 107. The summed E-state index contributed by atoms with van der Waals surface area (Å²) in [4.78, 5) is 249. The van der Waals surface area contributed by atoms with Gasteiger partial charge in [0.2, 0.25) is 88.6 Å². The topological polar surface area (TPSA) is 661 Å². The summed E-state index contributed by atoms with van der Waals surface area (Å²) in [7, 11) is 0. The van der Waals surface area contributed by atoms with E-state index in [-0.39, 0.29) is 109 Å². The molecule has 14 unspecified atom stereocenters. The van der Waals surface area contributed by atoms with E-state index in [1.54, 1.807) is 121 Å². The average molecular weight is 1810 g/mol. The third kappa shape index (κ3) is 39.2. The Hall–Kier alpha value is -13.8. The summed E-state index contributed by atoms with van der Waals surface area (Å²) in [6.07, 6.45) is -3.67. The zero-order chi connectivity index (χ0) is 95.9. The van der Waals surface area contributed by atoms with Crippen molar-refractivity contribution in [2.45, 2.75) is 241 Å². The van der Waals surface area contributed by atoms with Crippen LogP contribution in [-0.4, -0.2) is 231 Å². The van der Waals surface area contributed by atoms with E-state index in [1.165, 1.54) is 58.9 Å². The lowest BCUT2D eigenvalue weighted by atomic mass is 10.0. The van der Waals surface area contributed by atoms with Gasteiger partial charge >= 0.3 is 17.9 Å². The SMILES string of the molecule is CC(=O)NC(C)C(=O)NC(Cc1ccccc1)C(=O)NC(Cc1ccc(O)cc1)C(=O)NC(CC(=O)O)C(=O)NC(CCCCN)C(=O)NC(C(=O)NC(C)C(=O)NC(CCC(=O)O)C(=O)NC(CCCCN)C(=O)NC(Cc1ccccc1)C(=O)NC(CCCCN)C(=O)NC(CCC(=O)O)C(=O)NC(Cc1ccccc1)C(=O)NC(Cc1ccccc1)C(N)=O)C(C)C. The van der Waals surface area contributed by atoms with E-state index in [0.717, 1.165) is 0 Å². The van der Waals surface area contributed by atoms with Gasteiger partial charge in [-0.15, -0.1) is 0 Å². The number of hydrogen-bond donors (Lipinski definition) is 22. The van der Waals surface area contributed by atoms with Gasteiger partial charge in [-0.3, -0.25) is 86.3 Å². The smallest absolute Gasteiger partial charge is 0.305 e. The molecule has 0 aliphatic heterocycles. The van der Waals surface area contributed by atoms with Gasteiger partial charge in [-0.05, 0) is 150 Å². The highest BCUT2D eigenvalue weighted by Gasteiger charge is 2.39. The summed E-state index contributed by atoms with van der Waals surface area (Å²) >= 11 is 0. The molecule has 0 radical (unpaired) electrons. The first-order chi connectivity index (χ1) is 61.9. The lowest BCUT2D eigenvalue weighted by Crippen LogP contribution is -2.61. The van der Waals surface area contributed by atoms with E-state index < -0.39 is 229 Å². The summed E-state index contributed by atoms with van der Waals surface area (Å²) < 4.78 is 0. The molecular formula is C90H124N18O22. The monoisotopic (exact) mass is 1810 g/mol. The summed E-state index contributed by atoms with van der Waals surface area (Å²) in [6, 6.07) is 17.5. The molecule has 0 saturated carbocycles. The molecular weight excluding hydrogens is 1690 g/mol. The molecule has 0 aliphatic carbocycles. The van der Waals surface area contributed by atoms with Gasteiger partial charge in [0, 0.05) is 51.9 Å². The van der Waals surface area contributed by atoms with Gasteiger partial charge in [0.05, 0.1) is 6.42 Å². The molecule has 5 aromatic rings. The van der Waals surface area contributed by atoms with Crippen molar-refractivity contribution in [3.05, 3.63) is 173 Å². The number of benzene rings is 5. The number of aromatic hydroxyl groups is 1. The Morgan fingerprint density at radius 2 is 0.531 bits per heavy atom. The van der Waals surface area contributed by atoms with Crippen LogP contribution in [0.15, 0.2) is 146 Å². The maximum absolute atomic E-state index is 14.9. The van der Waals surface area contributed by atoms with Crippen LogP contribution < -0.4 is 97.4 Å². The number of aliphatic carboxylic acids is 3. The minimum atomic E-state index is -1.98. The van der Waals surface area contributed by atoms with Gasteiger partial charge in [0.15, 0.2) is 0 Å². The van der Waals surface area contributed by atoms with Crippen molar-refractivity contribution in [1.29, 1.82) is 0 Å². The van der Waals surface area contributed by atoms with E-state index in [1.807, 2.05) is 0 Å². The van der Waals surface area contributed by atoms with Crippen LogP contribution in [0.2, 0.25) is 0 Å². The van der Waals surface area contributed by atoms with E-state index in [9.17, 15) is 107 Å². The number of carbonyl (C=O) groups excluding carboxylic acids is 15. The number of carboxylic acid groups (broad SMARTS) is 3. The van der Waals surface area contributed by atoms with Gasteiger partial charge in [0.25, 0.3) is 0 Å². The molecule has 0 aliphatic rings. The van der Waals surface area contributed by atoms with Crippen LogP contribution in [0.1, 0.15) is 152 Å². The highest BCUT2D eigenvalue weighted by molar-refractivity contribution is 6.01. The zero-order valence-electron chi connectivity index (χ0n) is 73.5. The number of nitrogens with two attached hydrogens (primary N) is 4. The van der Waals surface area contributed by atoms with Crippen molar-refractivity contribution in [2.75, 3.05) is 19.6 Å². The van der Waals surface area contributed by atoms with Gasteiger partial charge in [-0.25, -0.2) is 0 Å². The number of unbranched alkanes of at least 4 members (excludes halogenated alkanes) is 3. The molecule has 26 N–H and O–H groups in total. The molecule has 0 bridgehead atoms. The maximum atomic E-state index is 14.9. The lowest BCUT2D eigenvalue weighted by molar-refractivity contribution is -0.142. The quantitative estimate of drug-likeness (QED) is 0.0197. The molecule has 0 heterocycles. The average Bonchev–Trinajstić information content (AvgIpc) is 0.842. The molecule has 0 saturated heterocycles. The van der Waals surface area contributed by atoms with Crippen molar-refractivity contribution < 1.29 is 107 Å². The van der Waals surface area contributed by atoms with Crippen LogP contribution >= 0.6 is 0 Å². The van der Waals surface area contributed by atoms with Crippen molar-refractivity contribution in [1.82, 2.24) is 74.4 Å². The Kier molecular flexibility index (Phi) is 46.4. The van der Waals surface area contributed by atoms with Crippen LogP contribution in [0, 0.1) is 5.92 Å². The predicted molar refractivity (Wildman–Crippen MR) is 475 cm³/mol. The molecule has 0 fully saturated rings. The molecule has 40 heteroatoms. The molecule has 130 heavy (non-hydrogen) atoms. The van der Waals surface area contributed by atoms with E-state index in [0.29, 0.717) is 34.2 Å². The van der Waals surface area contributed by atoms with Gasteiger partial charge in [0.1, 0.15) is 90.3 Å². The van der Waals surface area contributed by atoms with Crippen molar-refractivity contribution in [2.24, 2.45) is 28.9 Å². The second-order valence-corrected chi connectivity index (χ2v) is 31.9. The van der Waals surface area contributed by atoms with Crippen molar-refractivity contribution in [3.8, 4) is 5.75 Å². The third-order valence-corrected chi connectivity index (χ3v) is 20.8. The zero-order valence-corrected chi connectivity index (χ0v) is 73.5. The molecule has 0 aromatic heterocycles. The normalized spacial score (nSPS) is 14.3. The second-order valence-electron chi connectivity index (χ2n) is 31.9. The van der Waals surface area contributed by atoms with Crippen LogP contribution in [0.4, 0.5) is 0 Å². The second kappa shape index (κ2) is 56.4. The molecule has 5 rings (SSSR count). The third-order valence-electron chi connectivity index (χ3n) is 20.8. The van der Waals surface area contributed by atoms with Crippen LogP contribution in [0.3, 0.4) is 0 Å². The minimum absolute atomic E-state index is 0.0167. The summed E-state index contributed by atoms with van der Waals surface area (Å²) in [5.74, 6) is -19.9. The number of hydrogen-bond acceptors (Lipinski definition) is 22. The van der Waals surface area contributed by atoms with Crippen LogP contribution in [0.5, 0.6) is 5.75 Å². The standard InChI is InChI=1S/C90H124N18O22/c1-52(2)76(108-84(124)64(34-20-23-45-93)100-89(129)72(51-75(115)116)107-88(128)71(50-60-35-37-61(110)38-36-60)106-87(127)68(47-57-26-12-7-13-27-57)103-78(118)53(3)95-55(5)109)90(130)96-54(4)79(119)97-65(39-41-73(111)112)82(122)98-63(33-19-22-44-92)81(121)104-69(48-58-28-14-8-15-29-58)85(125)99-62(32-18-21-43-91)80(120)101-66(40-42-74(113)114)83(123)105-70(49-59-30-16-9-17-31-59)86(126)102-67(77(94)117)46-56-24-10-6-11-25-56/h6-17,24-31,35-38,52-54,62-72,76,110H,18-23,32-34,39-51,91-93H2,1-5H3,(H2,94,117)(H,95,109)(H,96,130)(H,97,119)(H,98,122)(H,99,125)(H,100,129)(H,101,120)(H,102,126)(H,103,118)(H,104,121)(H,105,123)(H,106,127)(H,107,128)(H,108,124)(H,111,112)(H,113,114)(H,115,116). The lowest BCUT2D eigenvalue weighted by Gasteiger charge is -2.29. The molecule has 5 aromatic carbocycles. The highest BCUT2D eigenvalue weighted by atomic mass is 16.4. The number of nitrogens with one attached hydrogen (secondary N) is 14. The Morgan fingerprint density at radius 1 is 0.277 bits per heavy atom. The van der Waals surface area contributed by atoms with Crippen LogP contribution in [0.25, 0.3) is 0 Å². The van der Waals surface area contributed by atoms with E-state index in [2.05, 4.69) is 74.4 Å². The Labute approximate surface area is 753 Å². The van der Waals surface area contributed by atoms with E-state index >= 15 is 0 Å².